The van der Waals surface area contributed by atoms with Crippen LogP contribution < -0.4 is 4.72 Å². The highest BCUT2D eigenvalue weighted by molar-refractivity contribution is 7.89. The second-order valence-corrected chi connectivity index (χ2v) is 8.10. The van der Waals surface area contributed by atoms with Gasteiger partial charge in [0.15, 0.2) is 0 Å². The molecule has 1 aliphatic rings. The maximum Gasteiger partial charge on any atom is 0.321 e. The molecule has 2 N–H and O–H groups in total. The van der Waals surface area contributed by atoms with Gasteiger partial charge < -0.3 is 9.84 Å². The van der Waals surface area contributed by atoms with Crippen LogP contribution in [0.2, 0.25) is 0 Å². The van der Waals surface area contributed by atoms with Crippen molar-refractivity contribution in [2.45, 2.75) is 58.6 Å². The van der Waals surface area contributed by atoms with Gasteiger partial charge in [-0.25, -0.2) is 13.1 Å². The number of sulfonamides is 1. The van der Waals surface area contributed by atoms with Gasteiger partial charge in [0.05, 0.1) is 18.5 Å². The fourth-order valence-corrected chi connectivity index (χ4v) is 4.19. The minimum absolute atomic E-state index is 0.115. The first kappa shape index (κ1) is 18.4. The van der Waals surface area contributed by atoms with Crippen LogP contribution >= 0.6 is 0 Å². The topological polar surface area (TPSA) is 92.7 Å². The number of rotatable bonds is 9. The maximum absolute atomic E-state index is 12.0. The molecular formula is C14H27NO5S. The minimum Gasteiger partial charge on any atom is -0.480 e. The van der Waals surface area contributed by atoms with Crippen LogP contribution in [0.25, 0.3) is 0 Å². The Kier molecular flexibility index (Phi) is 7.09. The lowest BCUT2D eigenvalue weighted by Crippen LogP contribution is -2.46. The van der Waals surface area contributed by atoms with E-state index in [1.165, 1.54) is 12.8 Å². The zero-order valence-electron chi connectivity index (χ0n) is 13.0. The zero-order valence-corrected chi connectivity index (χ0v) is 13.9. The number of nitrogens with one attached hydrogen (secondary N) is 1. The van der Waals surface area contributed by atoms with Crippen molar-refractivity contribution in [2.24, 2.45) is 11.8 Å². The van der Waals surface area contributed by atoms with E-state index in [0.717, 1.165) is 12.8 Å². The van der Waals surface area contributed by atoms with Gasteiger partial charge in [-0.3, -0.25) is 4.79 Å². The molecule has 7 heteroatoms. The molecule has 6 nitrogen and oxygen atoms in total. The van der Waals surface area contributed by atoms with E-state index < -0.39 is 22.0 Å². The second kappa shape index (κ2) is 8.10. The monoisotopic (exact) mass is 321 g/mol. The summed E-state index contributed by atoms with van der Waals surface area (Å²) < 4.78 is 32.0. The van der Waals surface area contributed by atoms with Crippen molar-refractivity contribution in [1.82, 2.24) is 4.72 Å². The van der Waals surface area contributed by atoms with Crippen LogP contribution in [0.15, 0.2) is 0 Å². The summed E-state index contributed by atoms with van der Waals surface area (Å²) in [4.78, 5) is 11.1. The first-order valence-corrected chi connectivity index (χ1v) is 9.21. The quantitative estimate of drug-likeness (QED) is 0.673. The average molecular weight is 321 g/mol. The molecular weight excluding hydrogens is 294 g/mol. The Labute approximate surface area is 127 Å². The average Bonchev–Trinajstić information content (AvgIpc) is 2.85. The summed E-state index contributed by atoms with van der Waals surface area (Å²) in [6.07, 6.45) is 4.70. The van der Waals surface area contributed by atoms with E-state index in [2.05, 4.69) is 4.72 Å². The van der Waals surface area contributed by atoms with Gasteiger partial charge in [0.2, 0.25) is 10.0 Å². The van der Waals surface area contributed by atoms with Gasteiger partial charge in [0.1, 0.15) is 6.04 Å². The Balaban J connectivity index is 2.44. The lowest BCUT2D eigenvalue weighted by Gasteiger charge is -2.20. The van der Waals surface area contributed by atoms with Gasteiger partial charge in [-0.15, -0.1) is 0 Å². The van der Waals surface area contributed by atoms with E-state index in [9.17, 15) is 13.2 Å². The number of aliphatic carboxylic acids is 1. The van der Waals surface area contributed by atoms with Crippen molar-refractivity contribution >= 4 is 16.0 Å². The Hall–Kier alpha value is -0.660. The van der Waals surface area contributed by atoms with Gasteiger partial charge >= 0.3 is 5.97 Å². The smallest absolute Gasteiger partial charge is 0.321 e. The molecule has 1 saturated carbocycles. The number of carboxylic acid groups (broad SMARTS) is 1. The molecule has 0 amide bonds. The molecule has 21 heavy (non-hydrogen) atoms. The van der Waals surface area contributed by atoms with Gasteiger partial charge in [-0.05, 0) is 24.7 Å². The molecule has 0 saturated heterocycles. The Morgan fingerprint density at radius 1 is 1.29 bits per heavy atom. The standard InChI is InChI=1S/C14H27NO5S/c1-10(2)13(14(16)17)15-21(18,19)9-11(3)8-20-12-6-4-5-7-12/h10-13,15H,4-9H2,1-3H3,(H,16,17)/t11?,13-/m0/s1. The molecule has 0 aromatic carbocycles. The normalized spacial score (nSPS) is 19.8. The van der Waals surface area contributed by atoms with Gasteiger partial charge in [-0.1, -0.05) is 33.6 Å². The van der Waals surface area contributed by atoms with E-state index in [4.69, 9.17) is 9.84 Å². The molecule has 0 aromatic heterocycles. The van der Waals surface area contributed by atoms with E-state index in [1.807, 2.05) is 0 Å². The first-order chi connectivity index (χ1) is 9.71. The van der Waals surface area contributed by atoms with Gasteiger partial charge in [0.25, 0.3) is 0 Å². The van der Waals surface area contributed by atoms with Crippen molar-refractivity contribution in [3.05, 3.63) is 0 Å². The van der Waals surface area contributed by atoms with Crippen molar-refractivity contribution < 1.29 is 23.1 Å². The minimum atomic E-state index is -3.63. The van der Waals surface area contributed by atoms with E-state index >= 15 is 0 Å². The highest BCUT2D eigenvalue weighted by atomic mass is 32.2. The SMILES string of the molecule is CC(COC1CCCC1)CS(=O)(=O)N[C@H](C(=O)O)C(C)C. The summed E-state index contributed by atoms with van der Waals surface area (Å²) >= 11 is 0. The summed E-state index contributed by atoms with van der Waals surface area (Å²) in [6, 6.07) is -1.09. The second-order valence-electron chi connectivity index (χ2n) is 6.30. The predicted octanol–water partition coefficient (Wildman–Crippen LogP) is 1.61. The van der Waals surface area contributed by atoms with Gasteiger partial charge in [0, 0.05) is 0 Å². The van der Waals surface area contributed by atoms with Crippen LogP contribution in [0, 0.1) is 11.8 Å². The molecule has 0 heterocycles. The fourth-order valence-electron chi connectivity index (χ4n) is 2.49. The first-order valence-electron chi connectivity index (χ1n) is 7.55. The predicted molar refractivity (Wildman–Crippen MR) is 80.6 cm³/mol. The van der Waals surface area contributed by atoms with Crippen molar-refractivity contribution in [3.8, 4) is 0 Å². The zero-order chi connectivity index (χ0) is 16.0. The van der Waals surface area contributed by atoms with Crippen molar-refractivity contribution in [1.29, 1.82) is 0 Å². The largest absolute Gasteiger partial charge is 0.480 e. The van der Waals surface area contributed by atoms with Crippen LogP contribution in [0.1, 0.15) is 46.5 Å². The number of hydrogen-bond donors (Lipinski definition) is 2. The van der Waals surface area contributed by atoms with Gasteiger partial charge in [-0.2, -0.15) is 0 Å². The van der Waals surface area contributed by atoms with E-state index in [-0.39, 0.29) is 23.7 Å². The number of carbonyl (C=O) groups is 1. The Bertz CT molecular complexity index is 429. The Morgan fingerprint density at radius 3 is 2.33 bits per heavy atom. The number of ether oxygens (including phenoxy) is 1. The van der Waals surface area contributed by atoms with E-state index in [1.54, 1.807) is 20.8 Å². The highest BCUT2D eigenvalue weighted by Gasteiger charge is 2.28. The number of carboxylic acids is 1. The molecule has 0 aromatic rings. The molecule has 2 atom stereocenters. The van der Waals surface area contributed by atoms with Crippen LogP contribution in [0.4, 0.5) is 0 Å². The summed E-state index contributed by atoms with van der Waals surface area (Å²) in [5, 5.41) is 9.04. The summed E-state index contributed by atoms with van der Waals surface area (Å²) in [5.41, 5.74) is 0. The summed E-state index contributed by atoms with van der Waals surface area (Å²) in [6.45, 7) is 5.55. The maximum atomic E-state index is 12.0. The third-order valence-electron chi connectivity index (χ3n) is 3.66. The van der Waals surface area contributed by atoms with E-state index in [0.29, 0.717) is 6.61 Å². The van der Waals surface area contributed by atoms with Crippen molar-refractivity contribution in [2.75, 3.05) is 12.4 Å². The van der Waals surface area contributed by atoms with Crippen molar-refractivity contribution in [3.63, 3.8) is 0 Å². The molecule has 124 valence electrons. The highest BCUT2D eigenvalue weighted by Crippen LogP contribution is 2.21. The molecule has 0 bridgehead atoms. The lowest BCUT2D eigenvalue weighted by atomic mass is 10.1. The lowest BCUT2D eigenvalue weighted by molar-refractivity contribution is -0.140. The Morgan fingerprint density at radius 2 is 1.86 bits per heavy atom. The molecule has 1 unspecified atom stereocenters. The number of hydrogen-bond acceptors (Lipinski definition) is 4. The third-order valence-corrected chi connectivity index (χ3v) is 5.28. The molecule has 1 fully saturated rings. The van der Waals surface area contributed by atoms with Crippen LogP contribution in [-0.2, 0) is 19.6 Å². The van der Waals surface area contributed by atoms with Crippen LogP contribution in [-0.4, -0.2) is 44.0 Å². The third kappa shape index (κ3) is 6.76. The molecule has 1 aliphatic carbocycles. The molecule has 0 spiro atoms. The van der Waals surface area contributed by atoms with Crippen LogP contribution in [0.3, 0.4) is 0 Å². The van der Waals surface area contributed by atoms with Crippen LogP contribution in [0.5, 0.6) is 0 Å². The summed E-state index contributed by atoms with van der Waals surface area (Å²) in [7, 11) is -3.63. The molecule has 0 radical (unpaired) electrons. The fraction of sp³-hybridized carbons (Fsp3) is 0.929. The molecule has 1 rings (SSSR count). The summed E-state index contributed by atoms with van der Waals surface area (Å²) in [5.74, 6) is -1.73. The molecule has 0 aliphatic heterocycles.